The quantitative estimate of drug-likeness (QED) is 0.115. The number of rotatable bonds is 13. The van der Waals surface area contributed by atoms with Crippen molar-refractivity contribution in [1.82, 2.24) is 0 Å². The van der Waals surface area contributed by atoms with E-state index in [0.717, 1.165) is 82.8 Å². The van der Waals surface area contributed by atoms with E-state index in [4.69, 9.17) is 9.15 Å². The van der Waals surface area contributed by atoms with Crippen molar-refractivity contribution in [3.8, 4) is 5.75 Å². The molecule has 356 valence electrons. The Morgan fingerprint density at radius 2 is 1.24 bits per heavy atom. The lowest BCUT2D eigenvalue weighted by molar-refractivity contribution is 0.216. The summed E-state index contributed by atoms with van der Waals surface area (Å²) in [4.78, 5) is 4.96. The van der Waals surface area contributed by atoms with Crippen LogP contribution in [0.5, 0.6) is 5.75 Å². The highest BCUT2D eigenvalue weighted by Crippen LogP contribution is 2.57. The zero-order chi connectivity index (χ0) is 48.8. The van der Waals surface area contributed by atoms with Crippen molar-refractivity contribution in [2.45, 2.75) is 111 Å². The van der Waals surface area contributed by atoms with E-state index in [0.29, 0.717) is 0 Å². The van der Waals surface area contributed by atoms with Gasteiger partial charge in [0.15, 0.2) is 5.58 Å². The Hall–Kier alpha value is -7.04. The summed E-state index contributed by atoms with van der Waals surface area (Å²) in [5, 5.41) is 2.31. The predicted octanol–water partition coefficient (Wildman–Crippen LogP) is 18.5. The van der Waals surface area contributed by atoms with Gasteiger partial charge in [0.2, 0.25) is 0 Å². The lowest BCUT2D eigenvalue weighted by Crippen LogP contribution is -2.31. The Morgan fingerprint density at radius 3 is 1.94 bits per heavy atom. The molecule has 4 nitrogen and oxygen atoms in total. The minimum atomic E-state index is -0.0354. The number of nitrogens with zero attached hydrogens (tertiary/aromatic N) is 2. The van der Waals surface area contributed by atoms with Gasteiger partial charge in [0.25, 0.3) is 0 Å². The van der Waals surface area contributed by atoms with E-state index in [1.807, 2.05) is 0 Å². The van der Waals surface area contributed by atoms with Gasteiger partial charge in [0.1, 0.15) is 17.4 Å². The normalized spacial score (nSPS) is 19.5. The minimum absolute atomic E-state index is 0.00379. The summed E-state index contributed by atoms with van der Waals surface area (Å²) in [6.45, 7) is 18.4. The van der Waals surface area contributed by atoms with Gasteiger partial charge < -0.3 is 19.0 Å². The highest BCUT2D eigenvalue weighted by atomic mass is 16.5. The molecule has 7 aromatic rings. The molecule has 4 heteroatoms. The fraction of sp³-hybridized carbons (Fsp3) is 0.284. The molecule has 1 aromatic heterocycles. The van der Waals surface area contributed by atoms with Gasteiger partial charge in [-0.15, -0.1) is 0 Å². The van der Waals surface area contributed by atoms with Gasteiger partial charge in [0.05, 0.1) is 17.1 Å². The summed E-state index contributed by atoms with van der Waals surface area (Å²) in [5.74, 6) is 1.44. The number of benzene rings is 6. The number of hydrogen-bond acceptors (Lipinski definition) is 4. The maximum absolute atomic E-state index is 7.30. The first-order valence-corrected chi connectivity index (χ1v) is 26.5. The van der Waals surface area contributed by atoms with Crippen LogP contribution in [0.1, 0.15) is 125 Å². The zero-order valence-corrected chi connectivity index (χ0v) is 42.7. The van der Waals surface area contributed by atoms with Gasteiger partial charge in [-0.1, -0.05) is 177 Å². The second-order valence-electron chi connectivity index (χ2n) is 21.4. The third-order valence-electron chi connectivity index (χ3n) is 17.4. The third kappa shape index (κ3) is 7.07. The van der Waals surface area contributed by atoms with Crippen LogP contribution in [-0.4, -0.2) is 6.10 Å². The SMILES string of the molecule is CCc1ccc(N(C2=C3C=Cc4ccc(N(c5ccc(CC)cc5)c5cccc6c5oc5c(C(C)(CC)CC)cccc56)c5c4C3C(C=C2)C=C5)c2cccc3c2OC2C(C(C)(C)CC)=CC=CC32)cc1. The van der Waals surface area contributed by atoms with Crippen LogP contribution >= 0.6 is 0 Å². The van der Waals surface area contributed by atoms with Crippen molar-refractivity contribution >= 4 is 62.5 Å². The van der Waals surface area contributed by atoms with Crippen LogP contribution in [-0.2, 0) is 18.3 Å². The van der Waals surface area contributed by atoms with E-state index in [1.54, 1.807) is 0 Å². The second-order valence-corrected chi connectivity index (χ2v) is 21.4. The van der Waals surface area contributed by atoms with Crippen molar-refractivity contribution in [1.29, 1.82) is 0 Å². The van der Waals surface area contributed by atoms with E-state index in [2.05, 4.69) is 235 Å². The van der Waals surface area contributed by atoms with Gasteiger partial charge in [-0.2, -0.15) is 0 Å². The number of aryl methyl sites for hydroxylation is 2. The monoisotopic (exact) mass is 931 g/mol. The van der Waals surface area contributed by atoms with Crippen LogP contribution in [0.2, 0.25) is 0 Å². The molecular weight excluding hydrogens is 865 g/mol. The highest BCUT2D eigenvalue weighted by Gasteiger charge is 2.44. The molecule has 12 rings (SSSR count). The Kier molecular flexibility index (Phi) is 11.0. The summed E-state index contributed by atoms with van der Waals surface area (Å²) in [6.07, 6.45) is 26.4. The standard InChI is InChI=1S/C67H66N2O2/c1-9-42-26-34-46(35-27-42)68(58-24-16-20-50-48-18-14-22-54(66(6,7)11-3)62(48)70-64(50)58)56-40-32-44-31-39-53-57(41-33-45-30-38-52(56)60(44)61(45)53)69(47-36-28-43(10-2)29-37-47)59-25-17-21-51-49-19-15-23-55(63(49)71-65(51)59)67(8,12-4)13-5/h14-41,44,48,60,62H,9-13H2,1-8H3. The molecule has 0 amide bonds. The lowest BCUT2D eigenvalue weighted by atomic mass is 9.68. The molecular formula is C67H66N2O2. The largest absolute Gasteiger partial charge is 0.483 e. The molecule has 4 atom stereocenters. The van der Waals surface area contributed by atoms with E-state index in [-0.39, 0.29) is 34.7 Å². The van der Waals surface area contributed by atoms with Crippen molar-refractivity contribution in [2.75, 3.05) is 9.80 Å². The van der Waals surface area contributed by atoms with Gasteiger partial charge in [-0.25, -0.2) is 0 Å². The van der Waals surface area contributed by atoms with Gasteiger partial charge in [-0.3, -0.25) is 0 Å². The first-order valence-electron chi connectivity index (χ1n) is 26.5. The molecule has 4 unspecified atom stereocenters. The summed E-state index contributed by atoms with van der Waals surface area (Å²) in [7, 11) is 0. The van der Waals surface area contributed by atoms with Crippen LogP contribution in [0.15, 0.2) is 179 Å². The van der Waals surface area contributed by atoms with Crippen LogP contribution in [0.25, 0.3) is 34.1 Å². The van der Waals surface area contributed by atoms with Crippen molar-refractivity contribution in [3.05, 3.63) is 214 Å². The summed E-state index contributed by atoms with van der Waals surface area (Å²) >= 11 is 0. The Morgan fingerprint density at radius 1 is 0.577 bits per heavy atom. The van der Waals surface area contributed by atoms with E-state index >= 15 is 0 Å². The fourth-order valence-corrected chi connectivity index (χ4v) is 12.4. The molecule has 0 fully saturated rings. The smallest absolute Gasteiger partial charge is 0.159 e. The number of anilines is 5. The van der Waals surface area contributed by atoms with E-state index in [9.17, 15) is 0 Å². The number of hydrogen-bond donors (Lipinski definition) is 0. The molecule has 4 aliphatic carbocycles. The predicted molar refractivity (Wildman–Crippen MR) is 299 cm³/mol. The molecule has 0 radical (unpaired) electrons. The second kappa shape index (κ2) is 17.4. The van der Waals surface area contributed by atoms with Crippen LogP contribution in [0.3, 0.4) is 0 Å². The summed E-state index contributed by atoms with van der Waals surface area (Å²) in [5.41, 5.74) is 20.3. The van der Waals surface area contributed by atoms with E-state index < -0.39 is 0 Å². The molecule has 6 aromatic carbocycles. The number of furan rings is 1. The van der Waals surface area contributed by atoms with Gasteiger partial charge in [0, 0.05) is 62.3 Å². The van der Waals surface area contributed by atoms with Crippen molar-refractivity contribution < 1.29 is 9.15 Å². The summed E-state index contributed by atoms with van der Waals surface area (Å²) < 4.78 is 14.5. The van der Waals surface area contributed by atoms with Crippen LogP contribution in [0, 0.1) is 11.3 Å². The van der Waals surface area contributed by atoms with Crippen molar-refractivity contribution in [2.24, 2.45) is 11.3 Å². The molecule has 71 heavy (non-hydrogen) atoms. The van der Waals surface area contributed by atoms with Gasteiger partial charge in [-0.05, 0) is 125 Å². The zero-order valence-electron chi connectivity index (χ0n) is 42.7. The van der Waals surface area contributed by atoms with E-state index in [1.165, 1.54) is 61.2 Å². The van der Waals surface area contributed by atoms with Crippen LogP contribution in [0.4, 0.5) is 28.4 Å². The average molecular weight is 931 g/mol. The molecule has 1 aliphatic heterocycles. The van der Waals surface area contributed by atoms with Gasteiger partial charge >= 0.3 is 0 Å². The number of fused-ring (bicyclic) bond motifs is 6. The third-order valence-corrected chi connectivity index (χ3v) is 17.4. The first kappa shape index (κ1) is 45.1. The molecule has 0 bridgehead atoms. The molecule has 0 saturated carbocycles. The Labute approximate surface area is 421 Å². The Balaban J connectivity index is 1.04. The first-order chi connectivity index (χ1) is 34.6. The average Bonchev–Trinajstić information content (AvgIpc) is 4.01. The molecule has 2 heterocycles. The minimum Gasteiger partial charge on any atom is -0.483 e. The van der Waals surface area contributed by atoms with Crippen molar-refractivity contribution in [3.63, 3.8) is 0 Å². The van der Waals surface area contributed by atoms with Crippen LogP contribution < -0.4 is 14.5 Å². The summed E-state index contributed by atoms with van der Waals surface area (Å²) in [6, 6.07) is 43.3. The number of ether oxygens (including phenoxy) is 1. The molecule has 0 spiro atoms. The maximum atomic E-state index is 7.30. The fourth-order valence-electron chi connectivity index (χ4n) is 12.4. The Bertz CT molecular complexity index is 3440. The molecule has 0 saturated heterocycles. The number of allylic oxidation sites excluding steroid dienone is 7. The highest BCUT2D eigenvalue weighted by molar-refractivity contribution is 6.11. The topological polar surface area (TPSA) is 28.9 Å². The maximum Gasteiger partial charge on any atom is 0.159 e. The molecule has 5 aliphatic rings. The molecule has 0 N–H and O–H groups in total. The number of para-hydroxylation sites is 3. The lowest BCUT2D eigenvalue weighted by Gasteiger charge is -2.41.